The van der Waals surface area contributed by atoms with E-state index in [4.69, 9.17) is 9.47 Å². The monoisotopic (exact) mass is 512 g/mol. The van der Waals surface area contributed by atoms with Crippen LogP contribution in [0.25, 0.3) is 0 Å². The van der Waals surface area contributed by atoms with Crippen LogP contribution < -0.4 is 10.6 Å². The molecule has 0 spiro atoms. The smallest absolute Gasteiger partial charge is 0.239 e. The van der Waals surface area contributed by atoms with Crippen LogP contribution in [-0.2, 0) is 19.1 Å². The first kappa shape index (κ1) is 27.5. The van der Waals surface area contributed by atoms with Gasteiger partial charge in [-0.05, 0) is 49.4 Å². The van der Waals surface area contributed by atoms with Gasteiger partial charge in [0.1, 0.15) is 0 Å². The third-order valence-electron chi connectivity index (χ3n) is 6.33. The topological polar surface area (TPSA) is 101 Å². The number of amidine groups is 2. The zero-order valence-corrected chi connectivity index (χ0v) is 22.5. The number of carbonyl (C=O) groups is 2. The second-order valence-electron chi connectivity index (χ2n) is 9.95. The van der Waals surface area contributed by atoms with E-state index < -0.39 is 0 Å². The van der Waals surface area contributed by atoms with Crippen molar-refractivity contribution in [3.05, 3.63) is 0 Å². The number of rotatable bonds is 6. The Kier molecular flexibility index (Phi) is 11.2. The van der Waals surface area contributed by atoms with E-state index >= 15 is 0 Å². The van der Waals surface area contributed by atoms with E-state index in [0.717, 1.165) is 75.5 Å². The minimum atomic E-state index is 0.0310. The lowest BCUT2D eigenvalue weighted by Gasteiger charge is -2.20. The molecule has 0 aromatic rings. The molecule has 8 nitrogen and oxygen atoms in total. The van der Waals surface area contributed by atoms with Crippen molar-refractivity contribution in [2.45, 2.75) is 63.9 Å². The summed E-state index contributed by atoms with van der Waals surface area (Å²) in [5.41, 5.74) is 0. The van der Waals surface area contributed by atoms with Gasteiger partial charge in [0.05, 0.1) is 10.5 Å². The van der Waals surface area contributed by atoms with Crippen LogP contribution in [-0.4, -0.2) is 72.2 Å². The Balaban J connectivity index is 0.000000191. The van der Waals surface area contributed by atoms with Crippen molar-refractivity contribution in [3.63, 3.8) is 0 Å². The Morgan fingerprint density at radius 2 is 1.09 bits per heavy atom. The minimum Gasteiger partial charge on any atom is -0.381 e. The summed E-state index contributed by atoms with van der Waals surface area (Å²) >= 11 is 3.15. The van der Waals surface area contributed by atoms with Crippen LogP contribution in [0.3, 0.4) is 0 Å². The van der Waals surface area contributed by atoms with Crippen molar-refractivity contribution < 1.29 is 19.1 Å². The Morgan fingerprint density at radius 3 is 1.38 bits per heavy atom. The molecule has 4 saturated heterocycles. The molecule has 2 N–H and O–H groups in total. The molecule has 192 valence electrons. The molecule has 0 unspecified atom stereocenters. The standard InChI is InChI=1S/2C12H20N2O2S/c2*1-8(2)10-11(15)14-12(17-10)13-7-9-3-5-16-6-4-9/h2*8-10H,3-7H2,1-2H3,(H,13,14,15)/t2*10-/m10/s1. The maximum absolute atomic E-state index is 11.6. The number of thioether (sulfide) groups is 2. The molecular formula is C24H40N4O4S2. The van der Waals surface area contributed by atoms with Crippen LogP contribution in [0, 0.1) is 23.7 Å². The van der Waals surface area contributed by atoms with Crippen molar-refractivity contribution in [3.8, 4) is 0 Å². The summed E-state index contributed by atoms with van der Waals surface area (Å²) in [6.45, 7) is 13.3. The maximum atomic E-state index is 11.6. The number of nitrogens with one attached hydrogen (secondary N) is 2. The summed E-state index contributed by atoms with van der Waals surface area (Å²) in [6.07, 6.45) is 4.35. The van der Waals surface area contributed by atoms with Crippen LogP contribution in [0.1, 0.15) is 53.4 Å². The molecule has 0 aromatic heterocycles. The van der Waals surface area contributed by atoms with Crippen molar-refractivity contribution >= 4 is 45.7 Å². The van der Waals surface area contributed by atoms with Crippen molar-refractivity contribution in [2.75, 3.05) is 39.5 Å². The molecule has 4 rings (SSSR count). The van der Waals surface area contributed by atoms with Crippen molar-refractivity contribution in [1.29, 1.82) is 0 Å². The second-order valence-corrected chi connectivity index (χ2v) is 12.2. The molecule has 4 heterocycles. The third-order valence-corrected chi connectivity index (χ3v) is 9.27. The summed E-state index contributed by atoms with van der Waals surface area (Å²) in [5.74, 6) is 2.16. The lowest BCUT2D eigenvalue weighted by molar-refractivity contribution is -0.120. The fourth-order valence-corrected chi connectivity index (χ4v) is 6.05. The average molecular weight is 513 g/mol. The number of hydrogen-bond acceptors (Lipinski definition) is 8. The predicted octanol–water partition coefficient (Wildman–Crippen LogP) is 3.31. The first-order valence-electron chi connectivity index (χ1n) is 12.5. The van der Waals surface area contributed by atoms with Gasteiger partial charge in [-0.1, -0.05) is 51.2 Å². The van der Waals surface area contributed by atoms with Gasteiger partial charge in [0, 0.05) is 39.5 Å². The van der Waals surface area contributed by atoms with Gasteiger partial charge >= 0.3 is 0 Å². The van der Waals surface area contributed by atoms with E-state index in [9.17, 15) is 9.59 Å². The highest BCUT2D eigenvalue weighted by Gasteiger charge is 2.33. The molecule has 0 saturated carbocycles. The van der Waals surface area contributed by atoms with E-state index in [-0.39, 0.29) is 22.3 Å². The molecule has 2 amide bonds. The molecule has 4 aliphatic heterocycles. The highest BCUT2D eigenvalue weighted by molar-refractivity contribution is 8.16. The Morgan fingerprint density at radius 1 is 0.735 bits per heavy atom. The lowest BCUT2D eigenvalue weighted by atomic mass is 10.0. The summed E-state index contributed by atoms with van der Waals surface area (Å²) in [5, 5.41) is 7.41. The van der Waals surface area contributed by atoms with Gasteiger partial charge in [-0.25, -0.2) is 0 Å². The molecular weight excluding hydrogens is 472 g/mol. The van der Waals surface area contributed by atoms with Crippen molar-refractivity contribution in [1.82, 2.24) is 10.6 Å². The number of carbonyl (C=O) groups excluding carboxylic acids is 2. The largest absolute Gasteiger partial charge is 0.381 e. The number of hydrogen-bond donors (Lipinski definition) is 2. The molecule has 2 atom stereocenters. The van der Waals surface area contributed by atoms with E-state index in [2.05, 4.69) is 48.3 Å². The fraction of sp³-hybridized carbons (Fsp3) is 0.833. The van der Waals surface area contributed by atoms with Crippen LogP contribution in [0.4, 0.5) is 0 Å². The molecule has 4 fully saturated rings. The molecule has 0 aromatic carbocycles. The quantitative estimate of drug-likeness (QED) is 0.566. The zero-order chi connectivity index (χ0) is 24.5. The first-order valence-corrected chi connectivity index (χ1v) is 14.3. The average Bonchev–Trinajstić information content (AvgIpc) is 3.40. The van der Waals surface area contributed by atoms with Crippen LogP contribution >= 0.6 is 23.5 Å². The van der Waals surface area contributed by atoms with E-state index in [1.54, 1.807) is 23.5 Å². The molecule has 4 aliphatic rings. The minimum absolute atomic E-state index is 0.0310. The SMILES string of the molecule is CC(C)[C@@H]1SC(=NCC2CCOCC2)NC1=O.CC(C)[C@H]1SC(=NCC2CCOCC2)NC1=O. The van der Waals surface area contributed by atoms with Gasteiger partial charge in [0.25, 0.3) is 0 Å². The van der Waals surface area contributed by atoms with Crippen LogP contribution in [0.2, 0.25) is 0 Å². The number of nitrogens with zero attached hydrogens (tertiary/aromatic N) is 2. The van der Waals surface area contributed by atoms with Gasteiger partial charge in [-0.2, -0.15) is 0 Å². The Labute approximate surface area is 212 Å². The summed E-state index contributed by atoms with van der Waals surface area (Å²) in [7, 11) is 0. The van der Waals surface area contributed by atoms with E-state index in [1.165, 1.54) is 0 Å². The first-order chi connectivity index (χ1) is 16.3. The molecule has 0 radical (unpaired) electrons. The summed E-state index contributed by atoms with van der Waals surface area (Å²) in [4.78, 5) is 32.3. The van der Waals surface area contributed by atoms with E-state index in [1.807, 2.05) is 0 Å². The van der Waals surface area contributed by atoms with Gasteiger partial charge in [0.15, 0.2) is 10.3 Å². The van der Waals surface area contributed by atoms with Gasteiger partial charge in [0.2, 0.25) is 11.8 Å². The molecule has 34 heavy (non-hydrogen) atoms. The predicted molar refractivity (Wildman–Crippen MR) is 140 cm³/mol. The normalized spacial score (nSPS) is 29.0. The van der Waals surface area contributed by atoms with Gasteiger partial charge in [-0.3, -0.25) is 19.6 Å². The number of amides is 2. The van der Waals surface area contributed by atoms with Gasteiger partial charge < -0.3 is 20.1 Å². The van der Waals surface area contributed by atoms with Crippen LogP contribution in [0.5, 0.6) is 0 Å². The Hall–Kier alpha value is -1.10. The third kappa shape index (κ3) is 8.53. The Bertz CT molecular complexity index is 685. The maximum Gasteiger partial charge on any atom is 0.239 e. The second kappa shape index (κ2) is 13.8. The molecule has 0 bridgehead atoms. The highest BCUT2D eigenvalue weighted by Crippen LogP contribution is 2.27. The lowest BCUT2D eigenvalue weighted by Crippen LogP contribution is -2.28. The summed E-state index contributed by atoms with van der Waals surface area (Å²) in [6, 6.07) is 0. The number of ether oxygens (including phenoxy) is 2. The molecule has 0 aliphatic carbocycles. The summed E-state index contributed by atoms with van der Waals surface area (Å²) < 4.78 is 10.6. The highest BCUT2D eigenvalue weighted by atomic mass is 32.2. The zero-order valence-electron chi connectivity index (χ0n) is 20.9. The van der Waals surface area contributed by atoms with Crippen molar-refractivity contribution in [2.24, 2.45) is 33.7 Å². The van der Waals surface area contributed by atoms with E-state index in [0.29, 0.717) is 23.7 Å². The fourth-order valence-electron chi connectivity index (χ4n) is 4.07. The van der Waals surface area contributed by atoms with Crippen LogP contribution in [0.15, 0.2) is 9.98 Å². The molecule has 10 heteroatoms. The van der Waals surface area contributed by atoms with Gasteiger partial charge in [-0.15, -0.1) is 0 Å². The number of aliphatic imine (C=N–C) groups is 2.